The molecule has 1 aromatic carbocycles. The van der Waals surface area contributed by atoms with E-state index in [1.54, 1.807) is 0 Å². The summed E-state index contributed by atoms with van der Waals surface area (Å²) in [6, 6.07) is 9.79. The standard InChI is InChI=1S/C15H23NS2/c1-2-17-9-4-10-18-15-6-3-5-13(11-15)12-16-14-7-8-14/h3,5-6,11,14,16H,2,4,7-10,12H2,1H3. The molecule has 0 atom stereocenters. The Morgan fingerprint density at radius 3 is 2.94 bits per heavy atom. The summed E-state index contributed by atoms with van der Waals surface area (Å²) >= 11 is 4.04. The highest BCUT2D eigenvalue weighted by Gasteiger charge is 2.19. The summed E-state index contributed by atoms with van der Waals surface area (Å²) in [6.07, 6.45) is 4.04. The molecule has 1 aliphatic carbocycles. The average molecular weight is 281 g/mol. The number of benzene rings is 1. The molecule has 0 spiro atoms. The number of hydrogen-bond acceptors (Lipinski definition) is 3. The lowest BCUT2D eigenvalue weighted by Crippen LogP contribution is -2.15. The van der Waals surface area contributed by atoms with Gasteiger partial charge in [0, 0.05) is 17.5 Å². The van der Waals surface area contributed by atoms with Crippen LogP contribution in [0.1, 0.15) is 31.7 Å². The second-order valence-electron chi connectivity index (χ2n) is 4.70. The normalized spacial score (nSPS) is 14.9. The van der Waals surface area contributed by atoms with Crippen LogP contribution in [-0.4, -0.2) is 23.3 Å². The highest BCUT2D eigenvalue weighted by atomic mass is 32.2. The van der Waals surface area contributed by atoms with E-state index in [1.807, 2.05) is 23.5 Å². The van der Waals surface area contributed by atoms with Crippen molar-refractivity contribution in [1.29, 1.82) is 0 Å². The van der Waals surface area contributed by atoms with Gasteiger partial charge in [-0.1, -0.05) is 19.1 Å². The summed E-state index contributed by atoms with van der Waals surface area (Å²) in [5.41, 5.74) is 1.43. The fraction of sp³-hybridized carbons (Fsp3) is 0.600. The first kappa shape index (κ1) is 14.3. The molecule has 0 unspecified atom stereocenters. The Kier molecular flexibility index (Phi) is 6.46. The molecule has 2 rings (SSSR count). The van der Waals surface area contributed by atoms with Gasteiger partial charge >= 0.3 is 0 Å². The van der Waals surface area contributed by atoms with Crippen molar-refractivity contribution >= 4 is 23.5 Å². The van der Waals surface area contributed by atoms with Crippen LogP contribution in [0.5, 0.6) is 0 Å². The van der Waals surface area contributed by atoms with E-state index < -0.39 is 0 Å². The first-order valence-corrected chi connectivity index (χ1v) is 9.05. The molecule has 1 aliphatic rings. The molecule has 1 aromatic rings. The van der Waals surface area contributed by atoms with Gasteiger partial charge in [0.1, 0.15) is 0 Å². The zero-order valence-corrected chi connectivity index (χ0v) is 12.8. The van der Waals surface area contributed by atoms with Crippen LogP contribution in [0.4, 0.5) is 0 Å². The van der Waals surface area contributed by atoms with E-state index >= 15 is 0 Å². The van der Waals surface area contributed by atoms with E-state index in [1.165, 1.54) is 47.0 Å². The van der Waals surface area contributed by atoms with Gasteiger partial charge in [-0.3, -0.25) is 0 Å². The zero-order valence-electron chi connectivity index (χ0n) is 11.2. The third-order valence-electron chi connectivity index (χ3n) is 2.98. The summed E-state index contributed by atoms with van der Waals surface area (Å²) in [4.78, 5) is 1.42. The van der Waals surface area contributed by atoms with Crippen LogP contribution in [0, 0.1) is 0 Å². The lowest BCUT2D eigenvalue weighted by Gasteiger charge is -2.06. The van der Waals surface area contributed by atoms with Gasteiger partial charge in [0.2, 0.25) is 0 Å². The Bertz CT molecular complexity index is 350. The van der Waals surface area contributed by atoms with Crippen LogP contribution in [0.2, 0.25) is 0 Å². The van der Waals surface area contributed by atoms with Gasteiger partial charge < -0.3 is 5.32 Å². The first-order valence-electron chi connectivity index (χ1n) is 6.91. The lowest BCUT2D eigenvalue weighted by atomic mass is 10.2. The van der Waals surface area contributed by atoms with Gasteiger partial charge in [0.05, 0.1) is 0 Å². The van der Waals surface area contributed by atoms with Gasteiger partial charge in [-0.15, -0.1) is 11.8 Å². The smallest absolute Gasteiger partial charge is 0.0208 e. The maximum atomic E-state index is 3.57. The van der Waals surface area contributed by atoms with Crippen molar-refractivity contribution in [3.05, 3.63) is 29.8 Å². The van der Waals surface area contributed by atoms with E-state index in [2.05, 4.69) is 36.5 Å². The second-order valence-corrected chi connectivity index (χ2v) is 7.26. The van der Waals surface area contributed by atoms with E-state index in [4.69, 9.17) is 0 Å². The molecule has 1 fully saturated rings. The predicted molar refractivity (Wildman–Crippen MR) is 84.6 cm³/mol. The molecule has 0 heterocycles. The number of rotatable bonds is 9. The summed E-state index contributed by atoms with van der Waals surface area (Å²) in [5.74, 6) is 3.78. The van der Waals surface area contributed by atoms with Gasteiger partial charge in [0.15, 0.2) is 0 Å². The third-order valence-corrected chi connectivity index (χ3v) is 5.04. The van der Waals surface area contributed by atoms with Crippen molar-refractivity contribution in [2.24, 2.45) is 0 Å². The Balaban J connectivity index is 1.68. The molecule has 1 N–H and O–H groups in total. The molecule has 0 aliphatic heterocycles. The Morgan fingerprint density at radius 2 is 2.17 bits per heavy atom. The van der Waals surface area contributed by atoms with Crippen LogP contribution in [0.3, 0.4) is 0 Å². The Hall–Kier alpha value is -0.120. The SMILES string of the molecule is CCSCCCSc1cccc(CNC2CC2)c1. The highest BCUT2D eigenvalue weighted by molar-refractivity contribution is 8.00. The van der Waals surface area contributed by atoms with Gasteiger partial charge in [-0.25, -0.2) is 0 Å². The molecule has 3 heteroatoms. The fourth-order valence-electron chi connectivity index (χ4n) is 1.79. The zero-order chi connectivity index (χ0) is 12.6. The maximum Gasteiger partial charge on any atom is 0.0208 e. The van der Waals surface area contributed by atoms with Crippen molar-refractivity contribution in [3.8, 4) is 0 Å². The first-order chi connectivity index (χ1) is 8.88. The van der Waals surface area contributed by atoms with Gasteiger partial charge in [0.25, 0.3) is 0 Å². The molecule has 100 valence electrons. The molecule has 0 amide bonds. The van der Waals surface area contributed by atoms with E-state index in [0.717, 1.165) is 12.6 Å². The van der Waals surface area contributed by atoms with Crippen LogP contribution < -0.4 is 5.32 Å². The summed E-state index contributed by atoms with van der Waals surface area (Å²) in [5, 5.41) is 3.57. The monoisotopic (exact) mass is 281 g/mol. The van der Waals surface area contributed by atoms with Crippen molar-refractivity contribution in [2.75, 3.05) is 17.3 Å². The fourth-order valence-corrected chi connectivity index (χ4v) is 3.54. The van der Waals surface area contributed by atoms with E-state index in [9.17, 15) is 0 Å². The molecule has 1 nitrogen and oxygen atoms in total. The van der Waals surface area contributed by atoms with Crippen LogP contribution in [0.15, 0.2) is 29.2 Å². The summed E-state index contributed by atoms with van der Waals surface area (Å²) in [7, 11) is 0. The van der Waals surface area contributed by atoms with E-state index in [0.29, 0.717) is 0 Å². The largest absolute Gasteiger partial charge is 0.310 e. The Labute approximate surface area is 120 Å². The van der Waals surface area contributed by atoms with Gasteiger partial charge in [-0.05, 0) is 54.2 Å². The van der Waals surface area contributed by atoms with E-state index in [-0.39, 0.29) is 0 Å². The minimum atomic E-state index is 0.798. The molecule has 0 saturated heterocycles. The number of hydrogen-bond donors (Lipinski definition) is 1. The summed E-state index contributed by atoms with van der Waals surface area (Å²) in [6.45, 7) is 3.26. The lowest BCUT2D eigenvalue weighted by molar-refractivity contribution is 0.687. The minimum Gasteiger partial charge on any atom is -0.310 e. The molecule has 0 bridgehead atoms. The van der Waals surface area contributed by atoms with Crippen molar-refractivity contribution in [2.45, 2.75) is 43.7 Å². The predicted octanol–water partition coefficient (Wildman–Crippen LogP) is 4.17. The van der Waals surface area contributed by atoms with Crippen molar-refractivity contribution < 1.29 is 0 Å². The average Bonchev–Trinajstić information content (AvgIpc) is 3.21. The molecule has 0 radical (unpaired) electrons. The molecule has 0 aromatic heterocycles. The topological polar surface area (TPSA) is 12.0 Å². The maximum absolute atomic E-state index is 3.57. The van der Waals surface area contributed by atoms with Gasteiger partial charge in [-0.2, -0.15) is 11.8 Å². The third kappa shape index (κ3) is 5.68. The van der Waals surface area contributed by atoms with Crippen LogP contribution in [0.25, 0.3) is 0 Å². The highest BCUT2D eigenvalue weighted by Crippen LogP contribution is 2.22. The quantitative estimate of drug-likeness (QED) is 0.539. The molecule has 1 saturated carbocycles. The Morgan fingerprint density at radius 1 is 1.28 bits per heavy atom. The van der Waals surface area contributed by atoms with Crippen LogP contribution in [-0.2, 0) is 6.54 Å². The second kappa shape index (κ2) is 8.13. The minimum absolute atomic E-state index is 0.798. The molecule has 18 heavy (non-hydrogen) atoms. The molecular weight excluding hydrogens is 258 g/mol. The number of nitrogens with one attached hydrogen (secondary N) is 1. The number of thioether (sulfide) groups is 2. The van der Waals surface area contributed by atoms with Crippen LogP contribution >= 0.6 is 23.5 Å². The summed E-state index contributed by atoms with van der Waals surface area (Å²) < 4.78 is 0. The van der Waals surface area contributed by atoms with Crippen molar-refractivity contribution in [1.82, 2.24) is 5.32 Å². The van der Waals surface area contributed by atoms with Crippen molar-refractivity contribution in [3.63, 3.8) is 0 Å². The molecular formula is C15H23NS2.